The molecule has 1 amide bonds. The van der Waals surface area contributed by atoms with Crippen molar-refractivity contribution in [1.29, 1.82) is 0 Å². The highest BCUT2D eigenvalue weighted by Gasteiger charge is 2.29. The highest BCUT2D eigenvalue weighted by molar-refractivity contribution is 7.89. The Morgan fingerprint density at radius 2 is 1.74 bits per heavy atom. The zero-order chi connectivity index (χ0) is 18.9. The van der Waals surface area contributed by atoms with Crippen LogP contribution in [0.25, 0.3) is 0 Å². The third-order valence-corrected chi connectivity index (χ3v) is 7.46. The van der Waals surface area contributed by atoms with E-state index in [1.54, 1.807) is 18.2 Å². The molecule has 0 bridgehead atoms. The number of carbonyl (C=O) groups is 1. The Bertz CT molecular complexity index is 780. The number of sulfonamides is 1. The molecular formula is C19H27N3O4S. The van der Waals surface area contributed by atoms with Crippen LogP contribution in [-0.4, -0.2) is 87.5 Å². The molecule has 3 fully saturated rings. The molecule has 0 spiro atoms. The molecule has 148 valence electrons. The number of hydrogen-bond acceptors (Lipinski definition) is 5. The van der Waals surface area contributed by atoms with Crippen molar-refractivity contribution >= 4 is 15.9 Å². The van der Waals surface area contributed by atoms with Gasteiger partial charge in [0.15, 0.2) is 0 Å². The third-order valence-electron chi connectivity index (χ3n) is 5.56. The van der Waals surface area contributed by atoms with Crippen LogP contribution < -0.4 is 0 Å². The first kappa shape index (κ1) is 18.9. The molecule has 3 aliphatic rings. The number of piperazine rings is 1. The largest absolute Gasteiger partial charge is 0.379 e. The van der Waals surface area contributed by atoms with Crippen molar-refractivity contribution in [3.63, 3.8) is 0 Å². The summed E-state index contributed by atoms with van der Waals surface area (Å²) in [6.45, 7) is 5.86. The first-order chi connectivity index (χ1) is 13.0. The number of amides is 1. The topological polar surface area (TPSA) is 70.2 Å². The van der Waals surface area contributed by atoms with Crippen LogP contribution in [0.5, 0.6) is 0 Å². The van der Waals surface area contributed by atoms with Crippen LogP contribution in [0, 0.1) is 5.92 Å². The van der Waals surface area contributed by atoms with Gasteiger partial charge in [-0.25, -0.2) is 8.42 Å². The molecule has 0 atom stereocenters. The molecule has 1 saturated carbocycles. The van der Waals surface area contributed by atoms with Crippen LogP contribution in [0.4, 0.5) is 0 Å². The van der Waals surface area contributed by atoms with Gasteiger partial charge in [-0.1, -0.05) is 6.07 Å². The zero-order valence-corrected chi connectivity index (χ0v) is 16.4. The number of ether oxygens (including phenoxy) is 1. The molecule has 4 rings (SSSR count). The fourth-order valence-corrected chi connectivity index (χ4v) is 5.16. The van der Waals surface area contributed by atoms with Gasteiger partial charge in [-0.3, -0.25) is 9.69 Å². The van der Waals surface area contributed by atoms with Gasteiger partial charge in [-0.2, -0.15) is 4.31 Å². The summed E-state index contributed by atoms with van der Waals surface area (Å²) in [5, 5.41) is 0. The maximum atomic E-state index is 12.9. The third kappa shape index (κ3) is 4.34. The molecule has 0 N–H and O–H groups in total. The van der Waals surface area contributed by atoms with E-state index in [2.05, 4.69) is 4.90 Å². The summed E-state index contributed by atoms with van der Waals surface area (Å²) >= 11 is 0. The first-order valence-electron chi connectivity index (χ1n) is 9.73. The minimum atomic E-state index is -3.59. The van der Waals surface area contributed by atoms with Gasteiger partial charge in [0.05, 0.1) is 18.1 Å². The molecule has 7 nitrogen and oxygen atoms in total. The molecule has 27 heavy (non-hydrogen) atoms. The molecule has 8 heteroatoms. The van der Waals surface area contributed by atoms with Crippen molar-refractivity contribution in [3.05, 3.63) is 29.8 Å². The Labute approximate surface area is 160 Å². The molecule has 2 saturated heterocycles. The fourth-order valence-electron chi connectivity index (χ4n) is 3.71. The second-order valence-corrected chi connectivity index (χ2v) is 9.52. The Morgan fingerprint density at radius 3 is 2.41 bits per heavy atom. The SMILES string of the molecule is O=C(c1cccc(S(=O)(=O)N2CCOCC2)c1)N1CCN(CC2CC2)CC1. The maximum absolute atomic E-state index is 12.9. The summed E-state index contributed by atoms with van der Waals surface area (Å²) < 4.78 is 32.3. The van der Waals surface area contributed by atoms with E-state index in [4.69, 9.17) is 4.74 Å². The number of nitrogens with zero attached hydrogens (tertiary/aromatic N) is 3. The van der Waals surface area contributed by atoms with E-state index in [1.165, 1.54) is 23.2 Å². The molecule has 0 radical (unpaired) electrons. The normalized spacial score (nSPS) is 22.7. The van der Waals surface area contributed by atoms with E-state index in [9.17, 15) is 13.2 Å². The Kier molecular flexibility index (Phi) is 5.50. The van der Waals surface area contributed by atoms with Crippen molar-refractivity contribution < 1.29 is 17.9 Å². The van der Waals surface area contributed by atoms with E-state index < -0.39 is 10.0 Å². The molecule has 1 aromatic carbocycles. The minimum Gasteiger partial charge on any atom is -0.379 e. The average Bonchev–Trinajstić information content (AvgIpc) is 3.53. The lowest BCUT2D eigenvalue weighted by molar-refractivity contribution is 0.0631. The summed E-state index contributed by atoms with van der Waals surface area (Å²) in [5.74, 6) is 0.773. The molecule has 0 aromatic heterocycles. The van der Waals surface area contributed by atoms with E-state index in [0.717, 1.165) is 25.6 Å². The van der Waals surface area contributed by atoms with Crippen LogP contribution in [0.2, 0.25) is 0 Å². The van der Waals surface area contributed by atoms with Gasteiger partial charge in [-0.15, -0.1) is 0 Å². The van der Waals surface area contributed by atoms with Gasteiger partial charge in [0, 0.05) is 51.4 Å². The van der Waals surface area contributed by atoms with E-state index >= 15 is 0 Å². The standard InChI is InChI=1S/C19H27N3O4S/c23-19(21-8-6-20(7-9-21)15-16-4-5-16)17-2-1-3-18(14-17)27(24,25)22-10-12-26-13-11-22/h1-3,14,16H,4-13,15H2. The molecule has 1 aliphatic carbocycles. The van der Waals surface area contributed by atoms with Crippen molar-refractivity contribution in [1.82, 2.24) is 14.1 Å². The summed E-state index contributed by atoms with van der Waals surface area (Å²) in [5.41, 5.74) is 0.444. The Hall–Kier alpha value is -1.48. The van der Waals surface area contributed by atoms with Gasteiger partial charge < -0.3 is 9.64 Å². The van der Waals surface area contributed by atoms with Crippen LogP contribution in [0.15, 0.2) is 29.2 Å². The van der Waals surface area contributed by atoms with Crippen LogP contribution in [0.3, 0.4) is 0 Å². The van der Waals surface area contributed by atoms with Gasteiger partial charge in [0.25, 0.3) is 5.91 Å². The Morgan fingerprint density at radius 1 is 1.04 bits per heavy atom. The van der Waals surface area contributed by atoms with E-state index in [1.807, 2.05) is 4.90 Å². The molecule has 2 aliphatic heterocycles. The second-order valence-electron chi connectivity index (χ2n) is 7.58. The number of morpholine rings is 1. The number of rotatable bonds is 5. The van der Waals surface area contributed by atoms with E-state index in [-0.39, 0.29) is 10.8 Å². The smallest absolute Gasteiger partial charge is 0.253 e. The lowest BCUT2D eigenvalue weighted by Crippen LogP contribution is -2.49. The van der Waals surface area contributed by atoms with Crippen molar-refractivity contribution in [2.45, 2.75) is 17.7 Å². The zero-order valence-electron chi connectivity index (χ0n) is 15.5. The van der Waals surface area contributed by atoms with Crippen molar-refractivity contribution in [3.8, 4) is 0 Å². The van der Waals surface area contributed by atoms with Gasteiger partial charge in [-0.05, 0) is 37.0 Å². The second kappa shape index (κ2) is 7.87. The van der Waals surface area contributed by atoms with Gasteiger partial charge >= 0.3 is 0 Å². The predicted molar refractivity (Wildman–Crippen MR) is 101 cm³/mol. The lowest BCUT2D eigenvalue weighted by atomic mass is 10.2. The fraction of sp³-hybridized carbons (Fsp3) is 0.632. The summed E-state index contributed by atoms with van der Waals surface area (Å²) in [7, 11) is -3.59. The molecule has 1 aromatic rings. The highest BCUT2D eigenvalue weighted by atomic mass is 32.2. The Balaban J connectivity index is 1.43. The van der Waals surface area contributed by atoms with Crippen LogP contribution in [0.1, 0.15) is 23.2 Å². The van der Waals surface area contributed by atoms with Crippen LogP contribution >= 0.6 is 0 Å². The van der Waals surface area contributed by atoms with E-state index in [0.29, 0.717) is 45.0 Å². The molecule has 2 heterocycles. The molecule has 0 unspecified atom stereocenters. The summed E-state index contributed by atoms with van der Waals surface area (Å²) in [6, 6.07) is 6.44. The van der Waals surface area contributed by atoms with Gasteiger partial charge in [0.1, 0.15) is 0 Å². The monoisotopic (exact) mass is 393 g/mol. The highest BCUT2D eigenvalue weighted by Crippen LogP contribution is 2.30. The quantitative estimate of drug-likeness (QED) is 0.743. The lowest BCUT2D eigenvalue weighted by Gasteiger charge is -2.35. The van der Waals surface area contributed by atoms with Crippen molar-refractivity contribution in [2.75, 3.05) is 59.0 Å². The van der Waals surface area contributed by atoms with Crippen molar-refractivity contribution in [2.24, 2.45) is 5.92 Å². The van der Waals surface area contributed by atoms with Gasteiger partial charge in [0.2, 0.25) is 10.0 Å². The maximum Gasteiger partial charge on any atom is 0.253 e. The average molecular weight is 394 g/mol. The first-order valence-corrected chi connectivity index (χ1v) is 11.2. The minimum absolute atomic E-state index is 0.0832. The predicted octanol–water partition coefficient (Wildman–Crippen LogP) is 0.875. The molecular weight excluding hydrogens is 366 g/mol. The van der Waals surface area contributed by atoms with Crippen LogP contribution in [-0.2, 0) is 14.8 Å². The summed E-state index contributed by atoms with van der Waals surface area (Å²) in [6.07, 6.45) is 2.67. The number of hydrogen-bond donors (Lipinski definition) is 0. The number of benzene rings is 1. The summed E-state index contributed by atoms with van der Waals surface area (Å²) in [4.78, 5) is 17.3. The number of carbonyl (C=O) groups excluding carboxylic acids is 1.